The van der Waals surface area contributed by atoms with Crippen molar-refractivity contribution in [2.24, 2.45) is 5.92 Å². The molecule has 3 rings (SSSR count). The molecule has 1 saturated heterocycles. The van der Waals surface area contributed by atoms with Crippen LogP contribution in [0.4, 0.5) is 0 Å². The van der Waals surface area contributed by atoms with Gasteiger partial charge in [0.2, 0.25) is 0 Å². The molecule has 23 heavy (non-hydrogen) atoms. The maximum atomic E-state index is 4.65. The van der Waals surface area contributed by atoms with E-state index in [2.05, 4.69) is 47.2 Å². The van der Waals surface area contributed by atoms with E-state index in [4.69, 9.17) is 0 Å². The topological polar surface area (TPSA) is 41.1 Å². The average Bonchev–Trinajstić information content (AvgIpc) is 3.23. The van der Waals surface area contributed by atoms with Crippen LogP contribution in [0.15, 0.2) is 11.7 Å². The normalized spacial score (nSPS) is 18.4. The number of aryl methyl sites for hydroxylation is 1. The molecule has 126 valence electrons. The predicted molar refractivity (Wildman–Crippen MR) is 98.1 cm³/mol. The third-order valence-corrected chi connectivity index (χ3v) is 6.59. The van der Waals surface area contributed by atoms with E-state index >= 15 is 0 Å². The number of hydrogen-bond donors (Lipinski definition) is 1. The second kappa shape index (κ2) is 7.83. The minimum atomic E-state index is 0.567. The van der Waals surface area contributed by atoms with Crippen LogP contribution in [-0.2, 0) is 13.1 Å². The van der Waals surface area contributed by atoms with Crippen molar-refractivity contribution in [3.8, 4) is 0 Å². The zero-order valence-corrected chi connectivity index (χ0v) is 15.8. The van der Waals surface area contributed by atoms with Crippen LogP contribution in [0.25, 0.3) is 0 Å². The van der Waals surface area contributed by atoms with Crippen LogP contribution in [0, 0.1) is 12.8 Å². The minimum Gasteiger partial charge on any atom is -0.316 e. The number of thiazole rings is 2. The second-order valence-corrected chi connectivity index (χ2v) is 8.79. The lowest BCUT2D eigenvalue weighted by Gasteiger charge is -2.24. The number of aromatic nitrogens is 2. The Balaban J connectivity index is 1.69. The van der Waals surface area contributed by atoms with Gasteiger partial charge in [-0.1, -0.05) is 13.8 Å². The molecule has 0 aromatic carbocycles. The SMILES string of the molecule is Cc1ncsc1CN(Cc1ncc(C(C)C)s1)C[C@H]1CCNC1. The molecule has 1 aliphatic rings. The van der Waals surface area contributed by atoms with Gasteiger partial charge in [-0.05, 0) is 38.3 Å². The van der Waals surface area contributed by atoms with Gasteiger partial charge < -0.3 is 5.32 Å². The van der Waals surface area contributed by atoms with Crippen molar-refractivity contribution in [3.05, 3.63) is 32.2 Å². The Morgan fingerprint density at radius 1 is 1.35 bits per heavy atom. The fourth-order valence-electron chi connectivity index (χ4n) is 2.96. The summed E-state index contributed by atoms with van der Waals surface area (Å²) in [6.07, 6.45) is 3.34. The Morgan fingerprint density at radius 3 is 2.83 bits per heavy atom. The van der Waals surface area contributed by atoms with Gasteiger partial charge in [-0.25, -0.2) is 9.97 Å². The molecule has 2 aromatic heterocycles. The first-order valence-electron chi connectivity index (χ1n) is 8.38. The molecule has 1 atom stereocenters. The van der Waals surface area contributed by atoms with Crippen molar-refractivity contribution >= 4 is 22.7 Å². The standard InChI is InChI=1S/C17H26N4S2/c1-12(2)15-7-19-17(23-15)10-21(8-14-4-5-18-6-14)9-16-13(3)20-11-22-16/h7,11-12,14,18H,4-6,8-10H2,1-3H3/t14-/m0/s1. The lowest BCUT2D eigenvalue weighted by Crippen LogP contribution is -2.29. The highest BCUT2D eigenvalue weighted by atomic mass is 32.1. The van der Waals surface area contributed by atoms with Crippen molar-refractivity contribution in [1.82, 2.24) is 20.2 Å². The molecule has 0 radical (unpaired) electrons. The van der Waals surface area contributed by atoms with Gasteiger partial charge in [0.1, 0.15) is 5.01 Å². The monoisotopic (exact) mass is 350 g/mol. The van der Waals surface area contributed by atoms with Crippen LogP contribution in [0.5, 0.6) is 0 Å². The summed E-state index contributed by atoms with van der Waals surface area (Å²) in [4.78, 5) is 14.4. The quantitative estimate of drug-likeness (QED) is 0.828. The van der Waals surface area contributed by atoms with E-state index in [0.29, 0.717) is 5.92 Å². The summed E-state index contributed by atoms with van der Waals surface area (Å²) in [5.41, 5.74) is 3.13. The van der Waals surface area contributed by atoms with Crippen LogP contribution in [0.1, 0.15) is 46.6 Å². The fraction of sp³-hybridized carbons (Fsp3) is 0.647. The van der Waals surface area contributed by atoms with Crippen molar-refractivity contribution in [2.45, 2.75) is 46.2 Å². The van der Waals surface area contributed by atoms with E-state index in [-0.39, 0.29) is 0 Å². The van der Waals surface area contributed by atoms with Gasteiger partial charge in [0.05, 0.1) is 17.7 Å². The zero-order valence-electron chi connectivity index (χ0n) is 14.2. The molecule has 2 aromatic rings. The molecule has 0 aliphatic carbocycles. The summed E-state index contributed by atoms with van der Waals surface area (Å²) in [5.74, 6) is 1.32. The summed E-state index contributed by atoms with van der Waals surface area (Å²) < 4.78 is 0. The third-order valence-electron chi connectivity index (χ3n) is 4.39. The number of nitrogens with one attached hydrogen (secondary N) is 1. The Bertz CT molecular complexity index is 614. The van der Waals surface area contributed by atoms with Gasteiger partial charge in [0.25, 0.3) is 0 Å². The van der Waals surface area contributed by atoms with Gasteiger partial charge in [-0.2, -0.15) is 0 Å². The second-order valence-electron chi connectivity index (χ2n) is 6.70. The molecular formula is C17H26N4S2. The number of rotatable bonds is 7. The summed E-state index contributed by atoms with van der Waals surface area (Å²) in [7, 11) is 0. The van der Waals surface area contributed by atoms with E-state index < -0.39 is 0 Å². The fourth-order valence-corrected chi connectivity index (χ4v) is 4.74. The maximum absolute atomic E-state index is 4.65. The molecule has 0 amide bonds. The molecular weight excluding hydrogens is 324 g/mol. The summed E-state index contributed by atoms with van der Waals surface area (Å²) in [5, 5.41) is 4.72. The molecule has 4 nitrogen and oxygen atoms in total. The molecule has 0 spiro atoms. The highest BCUT2D eigenvalue weighted by Gasteiger charge is 2.20. The van der Waals surface area contributed by atoms with Gasteiger partial charge in [0, 0.05) is 29.0 Å². The largest absolute Gasteiger partial charge is 0.316 e. The molecule has 1 aliphatic heterocycles. The molecule has 0 bridgehead atoms. The summed E-state index contributed by atoms with van der Waals surface area (Å²) >= 11 is 3.63. The maximum Gasteiger partial charge on any atom is 0.107 e. The summed E-state index contributed by atoms with van der Waals surface area (Å²) in [6.45, 7) is 12.0. The van der Waals surface area contributed by atoms with Gasteiger partial charge in [-0.15, -0.1) is 22.7 Å². The third kappa shape index (κ3) is 4.59. The average molecular weight is 351 g/mol. The predicted octanol–water partition coefficient (Wildman–Crippen LogP) is 3.64. The molecule has 1 fully saturated rings. The van der Waals surface area contributed by atoms with E-state index in [9.17, 15) is 0 Å². The van der Waals surface area contributed by atoms with Crippen LogP contribution in [0.3, 0.4) is 0 Å². The first-order valence-corrected chi connectivity index (χ1v) is 10.1. The van der Waals surface area contributed by atoms with Crippen LogP contribution in [0.2, 0.25) is 0 Å². The van der Waals surface area contributed by atoms with E-state index in [0.717, 1.165) is 38.6 Å². The lowest BCUT2D eigenvalue weighted by atomic mass is 10.1. The van der Waals surface area contributed by atoms with Gasteiger partial charge >= 0.3 is 0 Å². The van der Waals surface area contributed by atoms with Crippen LogP contribution in [-0.4, -0.2) is 34.5 Å². The molecule has 0 unspecified atom stereocenters. The van der Waals surface area contributed by atoms with E-state index in [1.165, 1.54) is 26.9 Å². The Kier molecular flexibility index (Phi) is 5.80. The van der Waals surface area contributed by atoms with Crippen molar-refractivity contribution < 1.29 is 0 Å². The summed E-state index contributed by atoms with van der Waals surface area (Å²) in [6, 6.07) is 0. The van der Waals surface area contributed by atoms with E-state index in [1.54, 1.807) is 11.3 Å². The molecule has 0 saturated carbocycles. The molecule has 6 heteroatoms. The lowest BCUT2D eigenvalue weighted by molar-refractivity contribution is 0.222. The smallest absolute Gasteiger partial charge is 0.107 e. The number of hydrogen-bond acceptors (Lipinski definition) is 6. The molecule has 3 heterocycles. The minimum absolute atomic E-state index is 0.567. The van der Waals surface area contributed by atoms with Crippen LogP contribution < -0.4 is 5.32 Å². The Labute approximate surface area is 147 Å². The Hall–Kier alpha value is -0.820. The molecule has 1 N–H and O–H groups in total. The van der Waals surface area contributed by atoms with Crippen molar-refractivity contribution in [2.75, 3.05) is 19.6 Å². The van der Waals surface area contributed by atoms with Crippen molar-refractivity contribution in [3.63, 3.8) is 0 Å². The van der Waals surface area contributed by atoms with E-state index in [1.807, 2.05) is 16.8 Å². The van der Waals surface area contributed by atoms with Crippen molar-refractivity contribution in [1.29, 1.82) is 0 Å². The Morgan fingerprint density at radius 2 is 2.22 bits per heavy atom. The highest BCUT2D eigenvalue weighted by Crippen LogP contribution is 2.25. The highest BCUT2D eigenvalue weighted by molar-refractivity contribution is 7.11. The number of nitrogens with zero attached hydrogens (tertiary/aromatic N) is 3. The first-order chi connectivity index (χ1) is 11.1. The van der Waals surface area contributed by atoms with Gasteiger partial charge in [0.15, 0.2) is 0 Å². The zero-order chi connectivity index (χ0) is 16.2. The first kappa shape index (κ1) is 17.0. The van der Waals surface area contributed by atoms with Crippen LogP contribution >= 0.6 is 22.7 Å². The van der Waals surface area contributed by atoms with Gasteiger partial charge in [-0.3, -0.25) is 4.90 Å².